The average Bonchev–Trinajstić information content (AvgIpc) is 3.71. The number of hydrogen-bond acceptors (Lipinski definition) is 7. The zero-order valence-electron chi connectivity index (χ0n) is 21.8. The van der Waals surface area contributed by atoms with E-state index >= 15 is 0 Å². The molecule has 37 heavy (non-hydrogen) atoms. The second-order valence-corrected chi connectivity index (χ2v) is 11.6. The molecule has 2 atom stereocenters. The molecule has 0 radical (unpaired) electrons. The van der Waals surface area contributed by atoms with E-state index in [2.05, 4.69) is 25.5 Å². The molecular weight excluding hydrogens is 471 g/mol. The lowest BCUT2D eigenvalue weighted by molar-refractivity contribution is -0.132. The van der Waals surface area contributed by atoms with Gasteiger partial charge in [-0.1, -0.05) is 6.42 Å². The number of nitrogens with one attached hydrogen (secondary N) is 2. The van der Waals surface area contributed by atoms with Crippen molar-refractivity contribution in [3.63, 3.8) is 0 Å². The molecule has 1 amide bonds. The largest absolute Gasteiger partial charge is 0.476 e. The van der Waals surface area contributed by atoms with E-state index in [4.69, 9.17) is 4.74 Å². The van der Waals surface area contributed by atoms with Gasteiger partial charge in [0.2, 0.25) is 5.95 Å². The van der Waals surface area contributed by atoms with Crippen LogP contribution in [0.1, 0.15) is 58.8 Å². The van der Waals surface area contributed by atoms with Crippen LogP contribution in [-0.2, 0) is 4.79 Å². The molecule has 2 unspecified atom stereocenters. The highest BCUT2D eigenvalue weighted by atomic mass is 19.1. The first-order chi connectivity index (χ1) is 17.9. The summed E-state index contributed by atoms with van der Waals surface area (Å²) in [6.45, 7) is 7.41. The number of nitrogens with zero attached hydrogens (tertiary/aromatic N) is 4. The standard InChI is InChI=1S/C28H37FN6O2/c1-28(2)26(36)35(17-18-8-9-18)23-11-10-20(14-24(23)37-28)32-27-31-16-21(29)25(33-27)30-15-19-6-5-13-34-12-4-3-7-22(19)34/h10-11,14,16,18-19,22H,3-9,12-13,15,17H2,1-2H3,(H2,30,31,32,33). The lowest BCUT2D eigenvalue weighted by atomic mass is 9.83. The van der Waals surface area contributed by atoms with Crippen LogP contribution in [0.5, 0.6) is 5.75 Å². The zero-order chi connectivity index (χ0) is 25.6. The van der Waals surface area contributed by atoms with E-state index in [0.717, 1.165) is 37.2 Å². The van der Waals surface area contributed by atoms with Crippen LogP contribution in [0.2, 0.25) is 0 Å². The van der Waals surface area contributed by atoms with Crippen LogP contribution in [0.15, 0.2) is 24.4 Å². The monoisotopic (exact) mass is 508 g/mol. The Kier molecular flexibility index (Phi) is 6.42. The van der Waals surface area contributed by atoms with Gasteiger partial charge in [-0.2, -0.15) is 4.98 Å². The fraction of sp³-hybridized carbons (Fsp3) is 0.607. The lowest BCUT2D eigenvalue weighted by Crippen LogP contribution is -2.53. The molecule has 2 N–H and O–H groups in total. The Labute approximate surface area is 218 Å². The van der Waals surface area contributed by atoms with Crippen LogP contribution < -0.4 is 20.3 Å². The summed E-state index contributed by atoms with van der Waals surface area (Å²) in [5.41, 5.74) is 0.572. The van der Waals surface area contributed by atoms with E-state index in [1.165, 1.54) is 45.0 Å². The van der Waals surface area contributed by atoms with Crippen molar-refractivity contribution < 1.29 is 13.9 Å². The summed E-state index contributed by atoms with van der Waals surface area (Å²) < 4.78 is 20.7. The maximum Gasteiger partial charge on any atom is 0.270 e. The maximum absolute atomic E-state index is 14.6. The number of ether oxygens (including phenoxy) is 1. The van der Waals surface area contributed by atoms with Crippen LogP contribution in [-0.4, -0.2) is 58.6 Å². The van der Waals surface area contributed by atoms with Crippen molar-refractivity contribution in [2.75, 3.05) is 41.7 Å². The third kappa shape index (κ3) is 5.10. The Balaban J connectivity index is 1.16. The van der Waals surface area contributed by atoms with Gasteiger partial charge in [0.25, 0.3) is 5.91 Å². The van der Waals surface area contributed by atoms with Crippen molar-refractivity contribution in [2.24, 2.45) is 11.8 Å². The Morgan fingerprint density at radius 1 is 1.14 bits per heavy atom. The van der Waals surface area contributed by atoms with Gasteiger partial charge in [0, 0.05) is 30.9 Å². The Hall–Kier alpha value is -2.94. The van der Waals surface area contributed by atoms with E-state index in [-0.39, 0.29) is 11.7 Å². The Morgan fingerprint density at radius 2 is 1.97 bits per heavy atom. The van der Waals surface area contributed by atoms with Crippen molar-refractivity contribution >= 4 is 29.0 Å². The number of rotatable bonds is 7. The van der Waals surface area contributed by atoms with Gasteiger partial charge in [0.1, 0.15) is 5.75 Å². The summed E-state index contributed by atoms with van der Waals surface area (Å²) in [5, 5.41) is 6.47. The van der Waals surface area contributed by atoms with Gasteiger partial charge in [-0.05, 0) is 89.4 Å². The first-order valence-electron chi connectivity index (χ1n) is 13.8. The van der Waals surface area contributed by atoms with Crippen molar-refractivity contribution in [2.45, 2.75) is 70.4 Å². The van der Waals surface area contributed by atoms with Gasteiger partial charge in [-0.25, -0.2) is 9.37 Å². The minimum absolute atomic E-state index is 0.0143. The highest BCUT2D eigenvalue weighted by Crippen LogP contribution is 2.42. The van der Waals surface area contributed by atoms with Crippen LogP contribution >= 0.6 is 0 Å². The highest BCUT2D eigenvalue weighted by molar-refractivity contribution is 6.02. The number of aromatic nitrogens is 2. The summed E-state index contributed by atoms with van der Waals surface area (Å²) in [4.78, 5) is 26.1. The predicted octanol–water partition coefficient (Wildman–Crippen LogP) is 4.95. The molecule has 9 heteroatoms. The number of hydrogen-bond donors (Lipinski definition) is 2. The lowest BCUT2D eigenvalue weighted by Gasteiger charge is -2.44. The van der Waals surface area contributed by atoms with Crippen LogP contribution in [0, 0.1) is 17.7 Å². The van der Waals surface area contributed by atoms with Gasteiger partial charge in [0.15, 0.2) is 17.2 Å². The number of fused-ring (bicyclic) bond motifs is 2. The second-order valence-electron chi connectivity index (χ2n) is 11.6. The molecule has 0 bridgehead atoms. The SMILES string of the molecule is CC1(C)Oc2cc(Nc3ncc(F)c(NCC4CCCN5CCCCC45)n3)ccc2N(CC2CC2)C1=O. The summed E-state index contributed by atoms with van der Waals surface area (Å²) in [7, 11) is 0. The first kappa shape index (κ1) is 24.4. The summed E-state index contributed by atoms with van der Waals surface area (Å²) in [5.74, 6) is 1.78. The highest BCUT2D eigenvalue weighted by Gasteiger charge is 2.42. The van der Waals surface area contributed by atoms with Crippen molar-refractivity contribution in [3.05, 3.63) is 30.2 Å². The molecule has 1 aliphatic carbocycles. The topological polar surface area (TPSA) is 82.6 Å². The van der Waals surface area contributed by atoms with E-state index in [9.17, 15) is 9.18 Å². The molecule has 4 heterocycles. The van der Waals surface area contributed by atoms with E-state index in [1.807, 2.05) is 23.1 Å². The Bertz CT molecular complexity index is 1170. The minimum Gasteiger partial charge on any atom is -0.476 e. The van der Waals surface area contributed by atoms with E-state index in [0.29, 0.717) is 36.1 Å². The van der Waals surface area contributed by atoms with Crippen molar-refractivity contribution in [1.82, 2.24) is 14.9 Å². The number of anilines is 4. The Morgan fingerprint density at radius 3 is 2.81 bits per heavy atom. The van der Waals surface area contributed by atoms with Crippen LogP contribution in [0.3, 0.4) is 0 Å². The van der Waals surface area contributed by atoms with Gasteiger partial charge in [-0.3, -0.25) is 4.79 Å². The number of carbonyl (C=O) groups is 1. The molecule has 1 aromatic heterocycles. The molecule has 6 rings (SSSR count). The number of halogens is 1. The summed E-state index contributed by atoms with van der Waals surface area (Å²) >= 11 is 0. The van der Waals surface area contributed by atoms with E-state index in [1.54, 1.807) is 13.8 Å². The molecular formula is C28H37FN6O2. The van der Waals surface area contributed by atoms with Gasteiger partial charge < -0.3 is 25.2 Å². The third-order valence-electron chi connectivity index (χ3n) is 8.27. The third-order valence-corrected chi connectivity index (χ3v) is 8.27. The van der Waals surface area contributed by atoms with E-state index < -0.39 is 11.4 Å². The maximum atomic E-state index is 14.6. The van der Waals surface area contributed by atoms with Crippen LogP contribution in [0.4, 0.5) is 27.5 Å². The first-order valence-corrected chi connectivity index (χ1v) is 13.8. The smallest absolute Gasteiger partial charge is 0.270 e. The summed E-state index contributed by atoms with van der Waals surface area (Å²) in [6.07, 6.45) is 9.69. The fourth-order valence-corrected chi connectivity index (χ4v) is 6.11. The molecule has 2 aromatic rings. The molecule has 2 saturated heterocycles. The second kappa shape index (κ2) is 9.74. The quantitative estimate of drug-likeness (QED) is 0.548. The molecule has 4 aliphatic rings. The molecule has 198 valence electrons. The molecule has 0 spiro atoms. The van der Waals surface area contributed by atoms with Gasteiger partial charge >= 0.3 is 0 Å². The number of piperidine rings is 2. The minimum atomic E-state index is -0.934. The molecule has 1 aromatic carbocycles. The zero-order valence-corrected chi connectivity index (χ0v) is 21.8. The molecule has 3 fully saturated rings. The fourth-order valence-electron chi connectivity index (χ4n) is 6.11. The number of amides is 1. The average molecular weight is 509 g/mol. The van der Waals surface area contributed by atoms with Gasteiger partial charge in [-0.15, -0.1) is 0 Å². The van der Waals surface area contributed by atoms with Crippen molar-refractivity contribution in [1.29, 1.82) is 0 Å². The normalized spacial score (nSPS) is 25.2. The van der Waals surface area contributed by atoms with Crippen molar-refractivity contribution in [3.8, 4) is 5.75 Å². The predicted molar refractivity (Wildman–Crippen MR) is 142 cm³/mol. The molecule has 1 saturated carbocycles. The number of benzene rings is 1. The number of carbonyl (C=O) groups excluding carboxylic acids is 1. The van der Waals surface area contributed by atoms with Gasteiger partial charge in [0.05, 0.1) is 11.9 Å². The molecule has 3 aliphatic heterocycles. The molecule has 8 nitrogen and oxygen atoms in total. The summed E-state index contributed by atoms with van der Waals surface area (Å²) in [6, 6.07) is 6.23. The van der Waals surface area contributed by atoms with Crippen LogP contribution in [0.25, 0.3) is 0 Å².